The molecule has 0 bridgehead atoms. The minimum Gasteiger partial charge on any atom is -0.497 e. The van der Waals surface area contributed by atoms with Gasteiger partial charge in [0.05, 0.1) is 13.0 Å². The number of Topliss-reactive ketones (excluding diaryl/α,β-unsaturated/α-hetero) is 1. The number of fused-ring (bicyclic) bond motifs is 1. The van der Waals surface area contributed by atoms with Crippen molar-refractivity contribution in [3.8, 4) is 5.75 Å². The van der Waals surface area contributed by atoms with Gasteiger partial charge in [0.2, 0.25) is 0 Å². The third-order valence-corrected chi connectivity index (χ3v) is 5.29. The van der Waals surface area contributed by atoms with E-state index in [2.05, 4.69) is 29.3 Å². The third-order valence-electron chi connectivity index (χ3n) is 5.29. The molecule has 3 heteroatoms. The summed E-state index contributed by atoms with van der Waals surface area (Å²) in [6.45, 7) is 0. The zero-order valence-electron chi connectivity index (χ0n) is 15.0. The summed E-state index contributed by atoms with van der Waals surface area (Å²) in [7, 11) is 3.42. The maximum atomic E-state index is 13.4. The van der Waals surface area contributed by atoms with Gasteiger partial charge in [-0.3, -0.25) is 9.79 Å². The van der Waals surface area contributed by atoms with Crippen LogP contribution in [0.2, 0.25) is 0 Å². The van der Waals surface area contributed by atoms with E-state index in [0.29, 0.717) is 6.42 Å². The highest BCUT2D eigenvalue weighted by Gasteiger charge is 2.41. The monoisotopic (exact) mass is 343 g/mol. The van der Waals surface area contributed by atoms with E-state index >= 15 is 0 Å². The van der Waals surface area contributed by atoms with Crippen molar-refractivity contribution in [1.82, 2.24) is 0 Å². The Labute approximate surface area is 153 Å². The van der Waals surface area contributed by atoms with Crippen molar-refractivity contribution in [2.24, 2.45) is 4.99 Å². The maximum absolute atomic E-state index is 13.4. The Bertz CT molecular complexity index is 1000. The fourth-order valence-corrected chi connectivity index (χ4v) is 4.01. The van der Waals surface area contributed by atoms with Crippen LogP contribution in [0.4, 0.5) is 0 Å². The topological polar surface area (TPSA) is 38.7 Å². The zero-order valence-corrected chi connectivity index (χ0v) is 15.0. The molecule has 4 rings (SSSR count). The van der Waals surface area contributed by atoms with Crippen LogP contribution >= 0.6 is 0 Å². The van der Waals surface area contributed by atoms with Crippen molar-refractivity contribution in [3.63, 3.8) is 0 Å². The molecule has 1 fully saturated rings. The molecule has 130 valence electrons. The van der Waals surface area contributed by atoms with Crippen molar-refractivity contribution in [2.45, 2.75) is 18.3 Å². The average Bonchev–Trinajstić information content (AvgIpc) is 3.03. The lowest BCUT2D eigenvalue weighted by Gasteiger charge is -2.14. The number of aliphatic imine (C=N–C) groups is 1. The molecule has 0 saturated heterocycles. The van der Waals surface area contributed by atoms with Gasteiger partial charge in [-0.05, 0) is 34.0 Å². The van der Waals surface area contributed by atoms with Gasteiger partial charge in [0, 0.05) is 25.1 Å². The maximum Gasteiger partial charge on any atom is 0.153 e. The molecule has 1 aliphatic rings. The summed E-state index contributed by atoms with van der Waals surface area (Å²) < 4.78 is 5.34. The molecule has 0 aromatic heterocycles. The Morgan fingerprint density at radius 2 is 1.77 bits per heavy atom. The van der Waals surface area contributed by atoms with E-state index in [1.807, 2.05) is 42.5 Å². The van der Waals surface area contributed by atoms with E-state index < -0.39 is 0 Å². The van der Waals surface area contributed by atoms with Gasteiger partial charge >= 0.3 is 0 Å². The van der Waals surface area contributed by atoms with Gasteiger partial charge < -0.3 is 4.74 Å². The number of nitrogens with zero attached hydrogens (tertiary/aromatic N) is 1. The van der Waals surface area contributed by atoms with Crippen LogP contribution in [0.25, 0.3) is 10.8 Å². The van der Waals surface area contributed by atoms with Crippen molar-refractivity contribution in [3.05, 3.63) is 77.9 Å². The summed E-state index contributed by atoms with van der Waals surface area (Å²) in [6.07, 6.45) is 0.672. The van der Waals surface area contributed by atoms with Gasteiger partial charge in [-0.2, -0.15) is 0 Å². The van der Waals surface area contributed by atoms with Crippen molar-refractivity contribution in [1.29, 1.82) is 0 Å². The first-order chi connectivity index (χ1) is 12.7. The average molecular weight is 343 g/mol. The highest BCUT2D eigenvalue weighted by Crippen LogP contribution is 2.41. The standard InChI is InChI=1S/C23H21NO2/c1-24-21-14-20(19-12-6-8-15-7-3-4-11-18(15)19)23(25)22(21)16-9-5-10-17(13-16)26-2/h3-13,20,22H,14H2,1-2H3. The molecule has 0 spiro atoms. The largest absolute Gasteiger partial charge is 0.497 e. The molecule has 0 radical (unpaired) electrons. The summed E-state index contributed by atoms with van der Waals surface area (Å²) in [6, 6.07) is 22.2. The van der Waals surface area contributed by atoms with E-state index in [4.69, 9.17) is 4.74 Å². The first kappa shape index (κ1) is 16.5. The predicted octanol–water partition coefficient (Wildman–Crippen LogP) is 4.76. The lowest BCUT2D eigenvalue weighted by Crippen LogP contribution is -2.15. The summed E-state index contributed by atoms with van der Waals surface area (Å²) in [5, 5.41) is 2.31. The molecule has 3 aromatic carbocycles. The summed E-state index contributed by atoms with van der Waals surface area (Å²) in [4.78, 5) is 17.9. The van der Waals surface area contributed by atoms with Crippen LogP contribution in [0.1, 0.15) is 29.4 Å². The van der Waals surface area contributed by atoms with Gasteiger partial charge in [0.15, 0.2) is 5.78 Å². The normalized spacial score (nSPS) is 21.5. The second kappa shape index (κ2) is 6.75. The van der Waals surface area contributed by atoms with Crippen LogP contribution in [0.15, 0.2) is 71.7 Å². The number of rotatable bonds is 3. The van der Waals surface area contributed by atoms with Crippen molar-refractivity contribution >= 4 is 22.3 Å². The second-order valence-electron chi connectivity index (χ2n) is 6.65. The molecular weight excluding hydrogens is 322 g/mol. The number of hydrogen-bond donors (Lipinski definition) is 0. The van der Waals surface area contributed by atoms with Crippen LogP contribution in [0, 0.1) is 0 Å². The van der Waals surface area contributed by atoms with Gasteiger partial charge in [0.1, 0.15) is 5.75 Å². The Hall–Kier alpha value is -2.94. The van der Waals surface area contributed by atoms with Crippen LogP contribution < -0.4 is 4.74 Å². The Morgan fingerprint density at radius 3 is 2.58 bits per heavy atom. The van der Waals surface area contributed by atoms with Gasteiger partial charge in [-0.1, -0.05) is 54.6 Å². The molecule has 3 nitrogen and oxygen atoms in total. The third kappa shape index (κ3) is 2.70. The molecule has 2 atom stereocenters. The van der Waals surface area contributed by atoms with Gasteiger partial charge in [-0.15, -0.1) is 0 Å². The molecule has 0 amide bonds. The zero-order chi connectivity index (χ0) is 18.1. The number of methoxy groups -OCH3 is 1. The lowest BCUT2D eigenvalue weighted by molar-refractivity contribution is -0.119. The molecular formula is C23H21NO2. The Balaban J connectivity index is 1.79. The van der Waals surface area contributed by atoms with E-state index in [1.165, 1.54) is 0 Å². The molecule has 0 N–H and O–H groups in total. The van der Waals surface area contributed by atoms with Crippen molar-refractivity contribution in [2.75, 3.05) is 14.2 Å². The van der Waals surface area contributed by atoms with E-state index in [0.717, 1.165) is 33.4 Å². The van der Waals surface area contributed by atoms with Crippen LogP contribution in [0.5, 0.6) is 5.75 Å². The van der Waals surface area contributed by atoms with Crippen LogP contribution in [0.3, 0.4) is 0 Å². The first-order valence-corrected chi connectivity index (χ1v) is 8.84. The summed E-state index contributed by atoms with van der Waals surface area (Å²) in [5.41, 5.74) is 3.00. The van der Waals surface area contributed by atoms with E-state index in [-0.39, 0.29) is 17.6 Å². The lowest BCUT2D eigenvalue weighted by atomic mass is 9.89. The fourth-order valence-electron chi connectivity index (χ4n) is 4.01. The van der Waals surface area contributed by atoms with E-state index in [1.54, 1.807) is 14.2 Å². The smallest absolute Gasteiger partial charge is 0.153 e. The van der Waals surface area contributed by atoms with Gasteiger partial charge in [0.25, 0.3) is 0 Å². The molecule has 0 aliphatic heterocycles. The SMILES string of the molecule is CN=C1CC(c2cccc3ccccc23)C(=O)C1c1cccc(OC)c1. The van der Waals surface area contributed by atoms with Crippen LogP contribution in [-0.2, 0) is 4.79 Å². The number of carbonyl (C=O) groups is 1. The predicted molar refractivity (Wildman–Crippen MR) is 105 cm³/mol. The fraction of sp³-hybridized carbons (Fsp3) is 0.217. The minimum atomic E-state index is -0.293. The van der Waals surface area contributed by atoms with Gasteiger partial charge in [-0.25, -0.2) is 0 Å². The molecule has 3 aromatic rings. The molecule has 1 saturated carbocycles. The second-order valence-corrected chi connectivity index (χ2v) is 6.65. The Kier molecular flexibility index (Phi) is 4.29. The quantitative estimate of drug-likeness (QED) is 0.688. The number of ether oxygens (including phenoxy) is 1. The summed E-state index contributed by atoms with van der Waals surface area (Å²) in [5.74, 6) is 0.532. The first-order valence-electron chi connectivity index (χ1n) is 8.84. The number of carbonyl (C=O) groups excluding carboxylic acids is 1. The number of hydrogen-bond acceptors (Lipinski definition) is 3. The summed E-state index contributed by atoms with van der Waals surface area (Å²) >= 11 is 0. The minimum absolute atomic E-state index is 0.156. The van der Waals surface area contributed by atoms with E-state index in [9.17, 15) is 4.79 Å². The molecule has 2 unspecified atom stereocenters. The number of ketones is 1. The molecule has 0 heterocycles. The molecule has 26 heavy (non-hydrogen) atoms. The highest BCUT2D eigenvalue weighted by atomic mass is 16.5. The van der Waals surface area contributed by atoms with Crippen LogP contribution in [-0.4, -0.2) is 25.7 Å². The highest BCUT2D eigenvalue weighted by molar-refractivity contribution is 6.19. The Morgan fingerprint density at radius 1 is 1.00 bits per heavy atom. The number of benzene rings is 3. The molecule has 1 aliphatic carbocycles. The van der Waals surface area contributed by atoms with Crippen molar-refractivity contribution < 1.29 is 9.53 Å².